The van der Waals surface area contributed by atoms with E-state index in [4.69, 9.17) is 9.47 Å². The third-order valence-electron chi connectivity index (χ3n) is 5.04. The summed E-state index contributed by atoms with van der Waals surface area (Å²) in [5, 5.41) is 10.4. The van der Waals surface area contributed by atoms with E-state index >= 15 is 0 Å². The highest BCUT2D eigenvalue weighted by Crippen LogP contribution is 2.20. The Labute approximate surface area is 166 Å². The first-order valence-electron chi connectivity index (χ1n) is 9.54. The molecule has 1 saturated heterocycles. The summed E-state index contributed by atoms with van der Waals surface area (Å²) in [5.41, 5.74) is 2.88. The van der Waals surface area contributed by atoms with Gasteiger partial charge in [0.15, 0.2) is 0 Å². The van der Waals surface area contributed by atoms with Gasteiger partial charge in [0.2, 0.25) is 5.91 Å². The molecule has 0 spiro atoms. The lowest BCUT2D eigenvalue weighted by Gasteiger charge is -2.29. The molecule has 1 amide bonds. The average Bonchev–Trinajstić information content (AvgIpc) is 2.75. The highest BCUT2D eigenvalue weighted by atomic mass is 16.5. The van der Waals surface area contributed by atoms with Gasteiger partial charge in [-0.15, -0.1) is 0 Å². The van der Waals surface area contributed by atoms with E-state index in [1.165, 1.54) is 0 Å². The average molecular weight is 384 g/mol. The second kappa shape index (κ2) is 9.57. The van der Waals surface area contributed by atoms with Crippen molar-refractivity contribution in [1.82, 2.24) is 4.90 Å². The van der Waals surface area contributed by atoms with Crippen LogP contribution in [0.15, 0.2) is 48.5 Å². The number of carbonyl (C=O) groups excluding carboxylic acids is 1. The number of hydrogen-bond donors (Lipinski definition) is 1. The molecular weight excluding hydrogens is 356 g/mol. The molecule has 6 nitrogen and oxygen atoms in total. The monoisotopic (exact) mass is 384 g/mol. The first-order chi connectivity index (χ1) is 13.6. The molecule has 0 radical (unpaired) electrons. The minimum atomic E-state index is -0.733. The van der Waals surface area contributed by atoms with E-state index in [1.54, 1.807) is 31.2 Å². The summed E-state index contributed by atoms with van der Waals surface area (Å²) >= 11 is 0. The van der Waals surface area contributed by atoms with Gasteiger partial charge in [0, 0.05) is 25.8 Å². The molecule has 1 atom stereocenters. The zero-order valence-corrected chi connectivity index (χ0v) is 16.5. The van der Waals surface area contributed by atoms with Crippen LogP contribution in [0.5, 0.6) is 5.75 Å². The van der Waals surface area contributed by atoms with E-state index in [2.05, 4.69) is 17.0 Å². The van der Waals surface area contributed by atoms with Crippen LogP contribution >= 0.6 is 0 Å². The normalized spacial score (nSPS) is 15.2. The van der Waals surface area contributed by atoms with Gasteiger partial charge in [-0.3, -0.25) is 4.79 Å². The number of nitrogens with zero attached hydrogens (tertiary/aromatic N) is 2. The molecule has 2 aromatic rings. The standard InChI is InChI=1S/C22H28N2O4/c1-23(16-21(25)18-5-9-20(27-2)10-6-18)22(26)15-17-3-7-19(8-4-17)24-11-13-28-14-12-24/h3-10,21,25H,11-16H2,1-2H3. The summed E-state index contributed by atoms with van der Waals surface area (Å²) in [6.07, 6.45) is -0.418. The zero-order chi connectivity index (χ0) is 19.9. The zero-order valence-electron chi connectivity index (χ0n) is 16.5. The molecule has 1 N–H and O–H groups in total. The quantitative estimate of drug-likeness (QED) is 0.794. The summed E-state index contributed by atoms with van der Waals surface area (Å²) in [5.74, 6) is 0.715. The number of morpholine rings is 1. The second-order valence-corrected chi connectivity index (χ2v) is 7.01. The van der Waals surface area contributed by atoms with Crippen LogP contribution in [0, 0.1) is 0 Å². The van der Waals surface area contributed by atoms with Gasteiger partial charge in [-0.05, 0) is 35.4 Å². The predicted octanol–water partition coefficient (Wildman–Crippen LogP) is 2.27. The maximum Gasteiger partial charge on any atom is 0.226 e. The van der Waals surface area contributed by atoms with Crippen LogP contribution in [0.3, 0.4) is 0 Å². The first-order valence-corrected chi connectivity index (χ1v) is 9.54. The second-order valence-electron chi connectivity index (χ2n) is 7.01. The van der Waals surface area contributed by atoms with Crippen molar-refractivity contribution < 1.29 is 19.4 Å². The summed E-state index contributed by atoms with van der Waals surface area (Å²) < 4.78 is 10.5. The molecule has 6 heteroatoms. The van der Waals surface area contributed by atoms with Gasteiger partial charge in [-0.25, -0.2) is 0 Å². The van der Waals surface area contributed by atoms with E-state index in [9.17, 15) is 9.90 Å². The van der Waals surface area contributed by atoms with Gasteiger partial charge in [-0.1, -0.05) is 24.3 Å². The lowest BCUT2D eigenvalue weighted by Crippen LogP contribution is -2.36. The van der Waals surface area contributed by atoms with Crippen molar-refractivity contribution in [3.05, 3.63) is 59.7 Å². The molecule has 150 valence electrons. The van der Waals surface area contributed by atoms with E-state index in [-0.39, 0.29) is 12.5 Å². The fourth-order valence-corrected chi connectivity index (χ4v) is 3.25. The van der Waals surface area contributed by atoms with E-state index in [0.717, 1.165) is 48.9 Å². The van der Waals surface area contributed by atoms with Crippen molar-refractivity contribution in [1.29, 1.82) is 0 Å². The van der Waals surface area contributed by atoms with Crippen molar-refractivity contribution in [2.45, 2.75) is 12.5 Å². The van der Waals surface area contributed by atoms with Crippen LogP contribution in [-0.2, 0) is 16.0 Å². The van der Waals surface area contributed by atoms with Crippen molar-refractivity contribution in [2.75, 3.05) is 51.9 Å². The molecule has 1 unspecified atom stereocenters. The number of ether oxygens (including phenoxy) is 2. The minimum Gasteiger partial charge on any atom is -0.497 e. The Morgan fingerprint density at radius 2 is 1.79 bits per heavy atom. The van der Waals surface area contributed by atoms with Gasteiger partial charge in [0.25, 0.3) is 0 Å². The molecule has 2 aromatic carbocycles. The number of anilines is 1. The number of rotatable bonds is 7. The Kier molecular flexibility index (Phi) is 6.90. The van der Waals surface area contributed by atoms with Crippen molar-refractivity contribution in [3.63, 3.8) is 0 Å². The summed E-state index contributed by atoms with van der Waals surface area (Å²) in [4.78, 5) is 16.4. The molecule has 1 aliphatic rings. The smallest absolute Gasteiger partial charge is 0.226 e. The molecule has 28 heavy (non-hydrogen) atoms. The van der Waals surface area contributed by atoms with Crippen LogP contribution in [0.1, 0.15) is 17.2 Å². The molecule has 0 saturated carbocycles. The van der Waals surface area contributed by atoms with E-state index < -0.39 is 6.10 Å². The van der Waals surface area contributed by atoms with Gasteiger partial charge in [-0.2, -0.15) is 0 Å². The fraction of sp³-hybridized carbons (Fsp3) is 0.409. The number of likely N-dealkylation sites (N-methyl/N-ethyl adjacent to an activating group) is 1. The predicted molar refractivity (Wildman–Crippen MR) is 109 cm³/mol. The highest BCUT2D eigenvalue weighted by Gasteiger charge is 2.16. The highest BCUT2D eigenvalue weighted by molar-refractivity contribution is 5.78. The lowest BCUT2D eigenvalue weighted by molar-refractivity contribution is -0.130. The van der Waals surface area contributed by atoms with Crippen LogP contribution in [0.4, 0.5) is 5.69 Å². The Morgan fingerprint density at radius 3 is 2.39 bits per heavy atom. The summed E-state index contributed by atoms with van der Waals surface area (Å²) in [6, 6.07) is 15.3. The van der Waals surface area contributed by atoms with Crippen LogP contribution in [0.2, 0.25) is 0 Å². The molecule has 1 fully saturated rings. The topological polar surface area (TPSA) is 62.2 Å². The summed E-state index contributed by atoms with van der Waals surface area (Å²) in [7, 11) is 3.32. The Hall–Kier alpha value is -2.57. The van der Waals surface area contributed by atoms with Crippen molar-refractivity contribution in [2.24, 2.45) is 0 Å². The van der Waals surface area contributed by atoms with E-state index in [0.29, 0.717) is 6.42 Å². The third kappa shape index (κ3) is 5.24. The van der Waals surface area contributed by atoms with Crippen LogP contribution in [0.25, 0.3) is 0 Å². The molecule has 1 aliphatic heterocycles. The maximum atomic E-state index is 12.5. The summed E-state index contributed by atoms with van der Waals surface area (Å²) in [6.45, 7) is 3.54. The number of aliphatic hydroxyl groups is 1. The maximum absolute atomic E-state index is 12.5. The number of benzene rings is 2. The first kappa shape index (κ1) is 20.2. The molecule has 0 aliphatic carbocycles. The Balaban J connectivity index is 1.52. The number of amides is 1. The number of aliphatic hydroxyl groups excluding tert-OH is 1. The van der Waals surface area contributed by atoms with Gasteiger partial charge < -0.3 is 24.4 Å². The third-order valence-corrected chi connectivity index (χ3v) is 5.04. The molecule has 1 heterocycles. The van der Waals surface area contributed by atoms with Crippen molar-refractivity contribution in [3.8, 4) is 5.75 Å². The SMILES string of the molecule is COc1ccc(C(O)CN(C)C(=O)Cc2ccc(N3CCOCC3)cc2)cc1. The molecule has 0 aromatic heterocycles. The lowest BCUT2D eigenvalue weighted by atomic mass is 10.1. The van der Waals surface area contributed by atoms with E-state index in [1.807, 2.05) is 24.3 Å². The molecule has 3 rings (SSSR count). The number of hydrogen-bond acceptors (Lipinski definition) is 5. The van der Waals surface area contributed by atoms with Gasteiger partial charge >= 0.3 is 0 Å². The Morgan fingerprint density at radius 1 is 1.14 bits per heavy atom. The molecule has 0 bridgehead atoms. The van der Waals surface area contributed by atoms with Crippen LogP contribution in [-0.4, -0.2) is 62.9 Å². The largest absolute Gasteiger partial charge is 0.497 e. The number of carbonyl (C=O) groups is 1. The fourth-order valence-electron chi connectivity index (χ4n) is 3.25. The van der Waals surface area contributed by atoms with Gasteiger partial charge in [0.05, 0.1) is 39.4 Å². The van der Waals surface area contributed by atoms with Crippen molar-refractivity contribution >= 4 is 11.6 Å². The molecular formula is C22H28N2O4. The Bertz CT molecular complexity index is 755. The minimum absolute atomic E-state index is 0.0216. The van der Waals surface area contributed by atoms with Gasteiger partial charge in [0.1, 0.15) is 5.75 Å². The number of methoxy groups -OCH3 is 1. The van der Waals surface area contributed by atoms with Crippen LogP contribution < -0.4 is 9.64 Å².